The number of carbonyl (C=O) groups is 19. The highest BCUT2D eigenvalue weighted by Crippen LogP contribution is 2.21. The van der Waals surface area contributed by atoms with E-state index in [1.807, 2.05) is 16.0 Å². The van der Waals surface area contributed by atoms with Crippen LogP contribution in [0.3, 0.4) is 0 Å². The maximum atomic E-state index is 14.6. The number of esters is 1. The molecular weight excluding hydrogens is 1450 g/mol. The molecule has 1 aromatic carbocycles. The highest BCUT2D eigenvalue weighted by atomic mass is 16.5. The lowest BCUT2D eigenvalue weighted by Gasteiger charge is -2.30. The van der Waals surface area contributed by atoms with Crippen LogP contribution in [0.25, 0.3) is 10.9 Å². The van der Waals surface area contributed by atoms with Crippen molar-refractivity contribution < 1.29 is 121 Å². The summed E-state index contributed by atoms with van der Waals surface area (Å²) in [6.07, 6.45) is -1.14. The molecule has 13 atom stereocenters. The summed E-state index contributed by atoms with van der Waals surface area (Å²) < 4.78 is 5.70. The van der Waals surface area contributed by atoms with E-state index in [4.69, 9.17) is 16.2 Å². The van der Waals surface area contributed by atoms with Crippen molar-refractivity contribution in [3.05, 3.63) is 36.0 Å². The number of carboxylic acids is 4. The number of aliphatic hydroxyl groups is 1. The lowest BCUT2D eigenvalue weighted by atomic mass is 9.98. The highest BCUT2D eigenvalue weighted by molar-refractivity contribution is 6.02. The van der Waals surface area contributed by atoms with Crippen LogP contribution in [0, 0.1) is 11.8 Å². The van der Waals surface area contributed by atoms with Gasteiger partial charge in [0, 0.05) is 36.4 Å². The minimum Gasteiger partial charge on any atom is -0.481 e. The zero-order valence-corrected chi connectivity index (χ0v) is 62.1. The Labute approximate surface area is 632 Å². The monoisotopic (exact) mass is 1560 g/mol. The topological polar surface area (TPSA) is 659 Å². The minimum absolute atomic E-state index is 0.00248. The maximum Gasteiger partial charge on any atom is 0.329 e. The Kier molecular flexibility index (Phi) is 40.0. The van der Waals surface area contributed by atoms with Crippen LogP contribution < -0.4 is 80.6 Å². The van der Waals surface area contributed by atoms with E-state index in [9.17, 15) is 117 Å². The van der Waals surface area contributed by atoms with Gasteiger partial charge in [-0.1, -0.05) is 90.8 Å². The third kappa shape index (κ3) is 33.4. The predicted octanol–water partition coefficient (Wildman–Crippen LogP) is -5.04. The van der Waals surface area contributed by atoms with E-state index >= 15 is 0 Å². The number of aliphatic hydroxyl groups excluding tert-OH is 1. The first kappa shape index (κ1) is 92.8. The van der Waals surface area contributed by atoms with Crippen LogP contribution in [0.15, 0.2) is 30.5 Å². The Hall–Kier alpha value is -11.4. The van der Waals surface area contributed by atoms with E-state index in [2.05, 4.69) is 72.0 Å². The number of rotatable bonds is 35. The number of hydrogen-bond acceptors (Lipinski definition) is 22. The molecule has 0 radical (unpaired) electrons. The number of aromatic amines is 1. The second-order valence-corrected chi connectivity index (χ2v) is 27.0. The average molecular weight is 1560 g/mol. The Bertz CT molecular complexity index is 3610. The smallest absolute Gasteiger partial charge is 0.329 e. The van der Waals surface area contributed by atoms with Crippen LogP contribution in [0.2, 0.25) is 0 Å². The number of ether oxygens (including phenoxy) is 1. The number of amides is 14. The van der Waals surface area contributed by atoms with Gasteiger partial charge in [-0.25, -0.2) is 4.79 Å². The van der Waals surface area contributed by atoms with Crippen molar-refractivity contribution in [3.8, 4) is 0 Å². The summed E-state index contributed by atoms with van der Waals surface area (Å²) in [6.45, 7) is 5.49. The van der Waals surface area contributed by atoms with E-state index in [1.54, 1.807) is 30.5 Å². The molecule has 13 unspecified atom stereocenters. The Balaban J connectivity index is 2.17. The second-order valence-electron chi connectivity index (χ2n) is 27.0. The van der Waals surface area contributed by atoms with Crippen molar-refractivity contribution in [2.24, 2.45) is 23.3 Å². The van der Waals surface area contributed by atoms with Gasteiger partial charge >= 0.3 is 29.8 Å². The number of aromatic nitrogens is 1. The van der Waals surface area contributed by atoms with Crippen LogP contribution in [0.1, 0.15) is 156 Å². The molecule has 1 aliphatic rings. The van der Waals surface area contributed by atoms with Crippen LogP contribution >= 0.6 is 0 Å². The number of hydrogen-bond donors (Lipinski definition) is 21. The van der Waals surface area contributed by atoms with E-state index in [-0.39, 0.29) is 38.6 Å². The van der Waals surface area contributed by atoms with E-state index in [0.717, 1.165) is 46.0 Å². The first-order valence-corrected chi connectivity index (χ1v) is 36.0. The quantitative estimate of drug-likeness (QED) is 0.0227. The molecule has 2 heterocycles. The fourth-order valence-corrected chi connectivity index (χ4v) is 11.1. The lowest BCUT2D eigenvalue weighted by molar-refractivity contribution is -0.157. The van der Waals surface area contributed by atoms with Gasteiger partial charge in [0.05, 0.1) is 45.4 Å². The van der Waals surface area contributed by atoms with Crippen molar-refractivity contribution >= 4 is 123 Å². The Morgan fingerprint density at radius 3 is 1.66 bits per heavy atom. The molecule has 110 heavy (non-hydrogen) atoms. The van der Waals surface area contributed by atoms with Gasteiger partial charge < -0.3 is 116 Å². The Morgan fingerprint density at radius 1 is 0.555 bits per heavy atom. The van der Waals surface area contributed by atoms with Crippen LogP contribution in [-0.2, 0) is 102 Å². The van der Waals surface area contributed by atoms with E-state index in [0.29, 0.717) is 35.2 Å². The van der Waals surface area contributed by atoms with Gasteiger partial charge in [0.2, 0.25) is 82.7 Å². The van der Waals surface area contributed by atoms with Gasteiger partial charge in [0.25, 0.3) is 0 Å². The summed E-state index contributed by atoms with van der Waals surface area (Å²) in [7, 11) is 0. The van der Waals surface area contributed by atoms with Crippen LogP contribution in [0.5, 0.6) is 0 Å². The van der Waals surface area contributed by atoms with Crippen LogP contribution in [0.4, 0.5) is 0 Å². The van der Waals surface area contributed by atoms with Crippen molar-refractivity contribution in [3.63, 3.8) is 0 Å². The molecule has 1 fully saturated rings. The maximum absolute atomic E-state index is 14.6. The molecule has 1 saturated heterocycles. The molecule has 0 aliphatic carbocycles. The largest absolute Gasteiger partial charge is 0.481 e. The molecule has 23 N–H and O–H groups in total. The van der Waals surface area contributed by atoms with Crippen molar-refractivity contribution in [1.82, 2.24) is 74.1 Å². The third-order valence-electron chi connectivity index (χ3n) is 17.4. The molecule has 2 aromatic rings. The fourth-order valence-electron chi connectivity index (χ4n) is 11.1. The van der Waals surface area contributed by atoms with E-state index < -0.39 is 249 Å². The number of nitrogens with two attached hydrogens (primary N) is 2. The van der Waals surface area contributed by atoms with E-state index in [1.165, 1.54) is 13.8 Å². The third-order valence-corrected chi connectivity index (χ3v) is 17.4. The molecule has 610 valence electrons. The fraction of sp³-hybridized carbons (Fsp3) is 0.609. The molecular formula is C69H104N16O25. The van der Waals surface area contributed by atoms with Crippen molar-refractivity contribution in [1.29, 1.82) is 0 Å². The van der Waals surface area contributed by atoms with Gasteiger partial charge in [0.1, 0.15) is 72.6 Å². The first-order chi connectivity index (χ1) is 51.9. The van der Waals surface area contributed by atoms with Crippen LogP contribution in [-0.4, -0.2) is 242 Å². The molecule has 1 aromatic heterocycles. The predicted molar refractivity (Wildman–Crippen MR) is 385 cm³/mol. The van der Waals surface area contributed by atoms with Gasteiger partial charge in [-0.15, -0.1) is 0 Å². The SMILES string of the molecule is CCC(C)C1NC(=O)C(CCC(=O)O)NC(=O)C(CO)NC(=O)CNC(=O)C(CC(=O)O)NC(=O)C(C)NC(=O)C(CC(=O)O)NC(=O)C(CCCN)NC(=O)CNC(=O)C(NC(=O)C(CC(=O)O)NC(=O)C(CC(N)=O)NC(=O)C(Cc2c[nH]c3ccccc23)NC(=O)CCCCCCCCC(C)C)C(C)OC1=O. The number of aliphatic carboxylic acids is 4. The second kappa shape index (κ2) is 47.4. The zero-order chi connectivity index (χ0) is 82.5. The van der Waals surface area contributed by atoms with Crippen molar-refractivity contribution in [2.75, 3.05) is 26.2 Å². The number of carbonyl (C=O) groups excluding carboxylic acids is 15. The van der Waals surface area contributed by atoms with Crippen molar-refractivity contribution in [2.45, 2.75) is 230 Å². The normalized spacial score (nSPS) is 21.7. The van der Waals surface area contributed by atoms with Gasteiger partial charge in [-0.2, -0.15) is 0 Å². The highest BCUT2D eigenvalue weighted by Gasteiger charge is 2.40. The van der Waals surface area contributed by atoms with Gasteiger partial charge in [-0.05, 0) is 69.5 Å². The standard InChI is InChI=1S/C69H104N16O25/c1-7-35(4)57-69(109)110-37(6)58(85-66(106)47(29-56(97)98)83-65(105)44(26-49(71)87)81-64(104)43(25-38-30-72-40-19-15-14-18-39(38)40)77-50(88)21-13-11-9-8-10-12-17-34(2)3)68(108)74-32-51(89)76-41(20-16-24-70)61(101)82-46(28-55(95)96)63(103)75-36(5)59(99)80-45(27-54(93)94)60(100)73-31-52(90)78-48(33-86)67(107)79-42(62(102)84-57)22-23-53(91)92/h14-15,18-19,30,34-37,41-48,57-58,72,86H,7-13,16-17,20-29,31-33,70H2,1-6H3,(H2,71,87)(H,73,100)(H,74,108)(H,75,103)(H,76,89)(H,77,88)(H,78,90)(H,79,107)(H,80,99)(H,81,104)(H,82,101)(H,83,105)(H,84,102)(H,85,106)(H,91,92)(H,93,94)(H,95,96)(H,97,98). The number of primary amides is 1. The number of carboxylic acid groups (broad SMARTS) is 4. The molecule has 3 rings (SSSR count). The lowest BCUT2D eigenvalue weighted by Crippen LogP contribution is -2.62. The summed E-state index contributed by atoms with van der Waals surface area (Å²) in [4.78, 5) is 259. The molecule has 14 amide bonds. The molecule has 41 nitrogen and oxygen atoms in total. The summed E-state index contributed by atoms with van der Waals surface area (Å²) in [5.74, 6) is -26.3. The number of unbranched alkanes of at least 4 members (excludes halogenated alkanes) is 5. The number of nitrogens with one attached hydrogen (secondary N) is 14. The number of H-pyrrole nitrogens is 1. The average Bonchev–Trinajstić information content (AvgIpc) is 1.64. The van der Waals surface area contributed by atoms with Gasteiger partial charge in [-0.3, -0.25) is 86.3 Å². The van der Waals surface area contributed by atoms with Gasteiger partial charge in [0.15, 0.2) is 0 Å². The molecule has 41 heteroatoms. The first-order valence-electron chi connectivity index (χ1n) is 36.0. The minimum atomic E-state index is -2.31. The molecule has 0 saturated carbocycles. The number of benzene rings is 1. The molecule has 0 bridgehead atoms. The number of cyclic esters (lactones) is 1. The molecule has 0 spiro atoms. The summed E-state index contributed by atoms with van der Waals surface area (Å²) in [6, 6.07) is -14.4. The zero-order valence-electron chi connectivity index (χ0n) is 62.1. The molecule has 1 aliphatic heterocycles. The summed E-state index contributed by atoms with van der Waals surface area (Å²) in [5.41, 5.74) is 12.5. The summed E-state index contributed by atoms with van der Waals surface area (Å²) in [5, 5.41) is 78.6. The number of para-hydroxylation sites is 1. The summed E-state index contributed by atoms with van der Waals surface area (Å²) >= 11 is 0. The Morgan fingerprint density at radius 2 is 1.08 bits per heavy atom. The number of fused-ring (bicyclic) bond motifs is 1.